The van der Waals surface area contributed by atoms with E-state index in [1.807, 2.05) is 60.7 Å². The molecule has 1 heterocycles. The molecule has 0 aliphatic carbocycles. The fourth-order valence-corrected chi connectivity index (χ4v) is 3.48. The van der Waals surface area contributed by atoms with Crippen molar-refractivity contribution in [2.45, 2.75) is 19.3 Å². The highest BCUT2D eigenvalue weighted by Gasteiger charge is 2.23. The molecule has 3 rings (SSSR count). The van der Waals surface area contributed by atoms with Gasteiger partial charge in [0.15, 0.2) is 5.13 Å². The van der Waals surface area contributed by atoms with E-state index >= 15 is 0 Å². The smallest absolute Gasteiger partial charge is 0.311 e. The van der Waals surface area contributed by atoms with Gasteiger partial charge in [-0.2, -0.15) is 0 Å². The van der Waals surface area contributed by atoms with E-state index in [0.29, 0.717) is 17.4 Å². The Hall–Kier alpha value is -2.99. The number of amides is 1. The monoisotopic (exact) mass is 380 g/mol. The van der Waals surface area contributed by atoms with Gasteiger partial charge in [-0.25, -0.2) is 4.98 Å². The number of hydrogen-bond acceptors (Lipinski definition) is 5. The summed E-state index contributed by atoms with van der Waals surface area (Å²) in [5.74, 6) is -0.929. The van der Waals surface area contributed by atoms with Crippen molar-refractivity contribution in [3.05, 3.63) is 82.9 Å². The molecule has 0 bridgehead atoms. The summed E-state index contributed by atoms with van der Waals surface area (Å²) in [5, 5.41) is 5.11. The summed E-state index contributed by atoms with van der Waals surface area (Å²) in [5.41, 5.74) is 2.40. The van der Waals surface area contributed by atoms with Crippen LogP contribution in [-0.4, -0.2) is 23.5 Å². The summed E-state index contributed by atoms with van der Waals surface area (Å²) >= 11 is 1.29. The van der Waals surface area contributed by atoms with Gasteiger partial charge in [-0.15, -0.1) is 11.3 Å². The predicted octanol–water partition coefficient (Wildman–Crippen LogP) is 4.02. The molecule has 0 radical (unpaired) electrons. The number of carbonyl (C=O) groups excluding carboxylic acids is 2. The van der Waals surface area contributed by atoms with Crippen molar-refractivity contribution in [2.24, 2.45) is 0 Å². The lowest BCUT2D eigenvalue weighted by Crippen LogP contribution is -2.22. The number of ether oxygens (including phenoxy) is 1. The fraction of sp³-hybridized carbons (Fsp3) is 0.190. The predicted molar refractivity (Wildman–Crippen MR) is 106 cm³/mol. The summed E-state index contributed by atoms with van der Waals surface area (Å²) in [6.07, 6.45) is 0.0982. The third kappa shape index (κ3) is 5.01. The van der Waals surface area contributed by atoms with Gasteiger partial charge in [-0.1, -0.05) is 60.7 Å². The zero-order valence-corrected chi connectivity index (χ0v) is 15.7. The van der Waals surface area contributed by atoms with Crippen molar-refractivity contribution in [1.82, 2.24) is 4.98 Å². The molecule has 2 aromatic carbocycles. The number of anilines is 1. The van der Waals surface area contributed by atoms with Gasteiger partial charge >= 0.3 is 5.97 Å². The maximum absolute atomic E-state index is 13.0. The number of esters is 1. The lowest BCUT2D eigenvalue weighted by atomic mass is 9.90. The van der Waals surface area contributed by atoms with E-state index in [0.717, 1.165) is 11.1 Å². The van der Waals surface area contributed by atoms with Gasteiger partial charge in [0.25, 0.3) is 0 Å². The Kier molecular flexibility index (Phi) is 6.33. The highest BCUT2D eigenvalue weighted by atomic mass is 32.1. The number of nitrogens with zero attached hydrogens (tertiary/aromatic N) is 1. The number of aromatic nitrogens is 1. The summed E-state index contributed by atoms with van der Waals surface area (Å²) in [6.45, 7) is 2.10. The molecule has 0 saturated heterocycles. The second-order valence-electron chi connectivity index (χ2n) is 5.87. The molecule has 138 valence electrons. The van der Waals surface area contributed by atoms with Crippen molar-refractivity contribution in [3.8, 4) is 0 Å². The van der Waals surface area contributed by atoms with E-state index in [1.165, 1.54) is 11.3 Å². The molecule has 0 saturated carbocycles. The number of thiazole rings is 1. The molecular weight excluding hydrogens is 360 g/mol. The summed E-state index contributed by atoms with van der Waals surface area (Å²) in [4.78, 5) is 28.9. The van der Waals surface area contributed by atoms with Crippen molar-refractivity contribution in [2.75, 3.05) is 11.9 Å². The van der Waals surface area contributed by atoms with E-state index in [4.69, 9.17) is 4.74 Å². The molecule has 5 nitrogen and oxygen atoms in total. The molecular formula is C21H20N2O3S. The lowest BCUT2D eigenvalue weighted by Gasteiger charge is -2.17. The Bertz CT molecular complexity index is 855. The lowest BCUT2D eigenvalue weighted by molar-refractivity contribution is -0.142. The highest BCUT2D eigenvalue weighted by Crippen LogP contribution is 2.27. The molecule has 3 aromatic rings. The molecule has 0 aliphatic heterocycles. The maximum Gasteiger partial charge on any atom is 0.311 e. The normalized spacial score (nSPS) is 10.6. The SMILES string of the molecule is CCOC(=O)Cc1csc(NC(=O)C(c2ccccc2)c2ccccc2)n1. The van der Waals surface area contributed by atoms with Crippen LogP contribution in [0.25, 0.3) is 0 Å². The Morgan fingerprint density at radius 2 is 1.63 bits per heavy atom. The number of nitrogens with one attached hydrogen (secondary N) is 1. The van der Waals surface area contributed by atoms with Gasteiger partial charge < -0.3 is 10.1 Å². The third-order valence-corrected chi connectivity index (χ3v) is 4.75. The van der Waals surface area contributed by atoms with Crippen molar-refractivity contribution in [3.63, 3.8) is 0 Å². The fourth-order valence-electron chi connectivity index (χ4n) is 2.77. The molecule has 1 amide bonds. The molecule has 0 spiro atoms. The molecule has 1 N–H and O–H groups in total. The number of rotatable bonds is 7. The van der Waals surface area contributed by atoms with Gasteiger partial charge in [-0.05, 0) is 18.1 Å². The van der Waals surface area contributed by atoms with Gasteiger partial charge in [0.2, 0.25) is 5.91 Å². The largest absolute Gasteiger partial charge is 0.466 e. The Labute approximate surface area is 162 Å². The molecule has 6 heteroatoms. The van der Waals surface area contributed by atoms with Crippen LogP contribution >= 0.6 is 11.3 Å². The Morgan fingerprint density at radius 1 is 1.04 bits per heavy atom. The minimum atomic E-state index is -0.440. The van der Waals surface area contributed by atoms with Crippen LogP contribution in [0.5, 0.6) is 0 Å². The van der Waals surface area contributed by atoms with Crippen LogP contribution in [0.3, 0.4) is 0 Å². The van der Waals surface area contributed by atoms with Crippen LogP contribution in [0.1, 0.15) is 29.7 Å². The minimum absolute atomic E-state index is 0.0982. The quantitative estimate of drug-likeness (QED) is 0.629. The molecule has 27 heavy (non-hydrogen) atoms. The van der Waals surface area contributed by atoms with Crippen molar-refractivity contribution >= 4 is 28.3 Å². The first-order valence-electron chi connectivity index (χ1n) is 8.68. The Morgan fingerprint density at radius 3 is 2.19 bits per heavy atom. The van der Waals surface area contributed by atoms with Gasteiger partial charge in [0, 0.05) is 5.38 Å². The van der Waals surface area contributed by atoms with Crippen LogP contribution in [0.15, 0.2) is 66.0 Å². The topological polar surface area (TPSA) is 68.3 Å². The van der Waals surface area contributed by atoms with Gasteiger partial charge in [0.05, 0.1) is 24.6 Å². The standard InChI is InChI=1S/C21H20N2O3S/c1-2-26-18(24)13-17-14-27-21(22-17)23-20(25)19(15-9-5-3-6-10-15)16-11-7-4-8-12-16/h3-12,14,19H,2,13H2,1H3,(H,22,23,25). The molecule has 0 unspecified atom stereocenters. The van der Waals surface area contributed by atoms with Crippen LogP contribution in [-0.2, 0) is 20.7 Å². The van der Waals surface area contributed by atoms with Crippen molar-refractivity contribution < 1.29 is 14.3 Å². The zero-order valence-electron chi connectivity index (χ0n) is 14.9. The van der Waals surface area contributed by atoms with E-state index in [2.05, 4.69) is 10.3 Å². The second-order valence-corrected chi connectivity index (χ2v) is 6.73. The molecule has 0 aliphatic rings. The summed E-state index contributed by atoms with van der Waals surface area (Å²) in [7, 11) is 0. The maximum atomic E-state index is 13.0. The van der Waals surface area contributed by atoms with E-state index in [1.54, 1.807) is 12.3 Å². The van der Waals surface area contributed by atoms with E-state index in [9.17, 15) is 9.59 Å². The average molecular weight is 380 g/mol. The van der Waals surface area contributed by atoms with E-state index in [-0.39, 0.29) is 18.3 Å². The van der Waals surface area contributed by atoms with Crippen LogP contribution in [0.4, 0.5) is 5.13 Å². The first-order chi connectivity index (χ1) is 13.2. The van der Waals surface area contributed by atoms with E-state index < -0.39 is 5.92 Å². The van der Waals surface area contributed by atoms with Gasteiger partial charge in [-0.3, -0.25) is 9.59 Å². The van der Waals surface area contributed by atoms with Crippen LogP contribution < -0.4 is 5.32 Å². The second kappa shape index (κ2) is 9.09. The molecule has 0 fully saturated rings. The van der Waals surface area contributed by atoms with Crippen molar-refractivity contribution in [1.29, 1.82) is 0 Å². The summed E-state index contributed by atoms with van der Waals surface area (Å²) in [6, 6.07) is 19.3. The number of benzene rings is 2. The third-order valence-electron chi connectivity index (χ3n) is 3.94. The first kappa shape index (κ1) is 18.8. The molecule has 1 aromatic heterocycles. The number of hydrogen-bond donors (Lipinski definition) is 1. The molecule has 0 atom stereocenters. The Balaban J connectivity index is 1.78. The van der Waals surface area contributed by atoms with Gasteiger partial charge in [0.1, 0.15) is 0 Å². The summed E-state index contributed by atoms with van der Waals surface area (Å²) < 4.78 is 4.93. The zero-order chi connectivity index (χ0) is 19.1. The highest BCUT2D eigenvalue weighted by molar-refractivity contribution is 7.13. The average Bonchev–Trinajstić information content (AvgIpc) is 3.10. The minimum Gasteiger partial charge on any atom is -0.466 e. The number of carbonyl (C=O) groups is 2. The van der Waals surface area contributed by atoms with Crippen LogP contribution in [0.2, 0.25) is 0 Å². The first-order valence-corrected chi connectivity index (χ1v) is 9.56. The van der Waals surface area contributed by atoms with Crippen LogP contribution in [0, 0.1) is 0 Å².